The van der Waals surface area contributed by atoms with E-state index in [1.54, 1.807) is 12.1 Å². The van der Waals surface area contributed by atoms with Gasteiger partial charge in [0.25, 0.3) is 0 Å². The summed E-state index contributed by atoms with van der Waals surface area (Å²) in [6, 6.07) is 18.3. The molecule has 2 aromatic carbocycles. The van der Waals surface area contributed by atoms with Crippen LogP contribution in [0.4, 0.5) is 0 Å². The molecular formula is C17H15NO2. The van der Waals surface area contributed by atoms with Crippen molar-refractivity contribution in [1.29, 1.82) is 0 Å². The van der Waals surface area contributed by atoms with Gasteiger partial charge in [-0.15, -0.1) is 0 Å². The number of amides is 1. The van der Waals surface area contributed by atoms with Crippen LogP contribution in [-0.2, 0) is 4.79 Å². The second-order valence-electron chi connectivity index (χ2n) is 4.34. The summed E-state index contributed by atoms with van der Waals surface area (Å²) in [7, 11) is 0. The second kappa shape index (κ2) is 6.48. The normalized spacial score (nSPS) is 10.9. The summed E-state index contributed by atoms with van der Waals surface area (Å²) >= 11 is 0. The number of hydrogen-bond acceptors (Lipinski definition) is 2. The molecule has 0 bridgehead atoms. The third-order valence-corrected chi connectivity index (χ3v) is 2.73. The lowest BCUT2D eigenvalue weighted by Gasteiger charge is -2.08. The SMILES string of the molecule is CC(=O)N/C(=C\C(=O)c1ccccc1)c1ccccc1. The molecule has 0 heterocycles. The Bertz CT molecular complexity index is 631. The first-order valence-electron chi connectivity index (χ1n) is 6.31. The third kappa shape index (κ3) is 3.65. The molecule has 3 nitrogen and oxygen atoms in total. The summed E-state index contributed by atoms with van der Waals surface area (Å²) in [6.07, 6.45) is 1.45. The van der Waals surface area contributed by atoms with Crippen LogP contribution < -0.4 is 5.32 Å². The van der Waals surface area contributed by atoms with Crippen molar-refractivity contribution in [1.82, 2.24) is 5.32 Å². The minimum Gasteiger partial charge on any atom is -0.326 e. The quantitative estimate of drug-likeness (QED) is 0.682. The molecule has 0 radical (unpaired) electrons. The maximum absolute atomic E-state index is 12.2. The Morgan fingerprint density at radius 3 is 1.85 bits per heavy atom. The highest BCUT2D eigenvalue weighted by Gasteiger charge is 2.07. The van der Waals surface area contributed by atoms with Crippen molar-refractivity contribution in [2.75, 3.05) is 0 Å². The van der Waals surface area contributed by atoms with Gasteiger partial charge in [0.05, 0.1) is 5.70 Å². The third-order valence-electron chi connectivity index (χ3n) is 2.73. The number of benzene rings is 2. The summed E-state index contributed by atoms with van der Waals surface area (Å²) in [5.41, 5.74) is 1.89. The minimum atomic E-state index is -0.207. The predicted octanol–water partition coefficient (Wildman–Crippen LogP) is 3.05. The van der Waals surface area contributed by atoms with Gasteiger partial charge in [0.1, 0.15) is 0 Å². The highest BCUT2D eigenvalue weighted by molar-refractivity contribution is 6.09. The molecule has 3 heteroatoms. The summed E-state index contributed by atoms with van der Waals surface area (Å²) in [5.74, 6) is -0.348. The zero-order valence-electron chi connectivity index (χ0n) is 11.2. The van der Waals surface area contributed by atoms with Crippen molar-refractivity contribution in [3.63, 3.8) is 0 Å². The predicted molar refractivity (Wildman–Crippen MR) is 79.0 cm³/mol. The van der Waals surface area contributed by atoms with Crippen molar-refractivity contribution < 1.29 is 9.59 Å². The monoisotopic (exact) mass is 265 g/mol. The van der Waals surface area contributed by atoms with Gasteiger partial charge >= 0.3 is 0 Å². The Labute approximate surface area is 117 Å². The minimum absolute atomic E-state index is 0.141. The van der Waals surface area contributed by atoms with Crippen LogP contribution in [0.1, 0.15) is 22.8 Å². The van der Waals surface area contributed by atoms with Crippen molar-refractivity contribution in [2.24, 2.45) is 0 Å². The van der Waals surface area contributed by atoms with E-state index in [1.807, 2.05) is 48.5 Å². The topological polar surface area (TPSA) is 46.2 Å². The van der Waals surface area contributed by atoms with Gasteiger partial charge in [-0.25, -0.2) is 0 Å². The maximum atomic E-state index is 12.2. The van der Waals surface area contributed by atoms with E-state index in [-0.39, 0.29) is 11.7 Å². The molecule has 0 atom stereocenters. The second-order valence-corrected chi connectivity index (χ2v) is 4.34. The number of rotatable bonds is 4. The maximum Gasteiger partial charge on any atom is 0.221 e. The molecule has 0 spiro atoms. The standard InChI is InChI=1S/C17H15NO2/c1-13(19)18-16(14-8-4-2-5-9-14)12-17(20)15-10-6-3-7-11-15/h2-12H,1H3,(H,18,19)/b16-12-. The lowest BCUT2D eigenvalue weighted by Crippen LogP contribution is -2.19. The van der Waals surface area contributed by atoms with E-state index in [2.05, 4.69) is 5.32 Å². The summed E-state index contributed by atoms with van der Waals surface area (Å²) in [5, 5.41) is 2.70. The highest BCUT2D eigenvalue weighted by atomic mass is 16.1. The van der Waals surface area contributed by atoms with E-state index in [0.717, 1.165) is 5.56 Å². The molecule has 0 aliphatic rings. The van der Waals surface area contributed by atoms with Crippen LogP contribution in [0.5, 0.6) is 0 Å². The first-order valence-corrected chi connectivity index (χ1v) is 6.31. The number of allylic oxidation sites excluding steroid dienone is 1. The van der Waals surface area contributed by atoms with Crippen LogP contribution in [0.3, 0.4) is 0 Å². The molecular weight excluding hydrogens is 250 g/mol. The fourth-order valence-electron chi connectivity index (χ4n) is 1.82. The molecule has 0 aromatic heterocycles. The molecule has 2 aromatic rings. The average molecular weight is 265 g/mol. The average Bonchev–Trinajstić information content (AvgIpc) is 2.48. The van der Waals surface area contributed by atoms with Gasteiger partial charge < -0.3 is 5.32 Å². The fraction of sp³-hybridized carbons (Fsp3) is 0.0588. The van der Waals surface area contributed by atoms with E-state index in [0.29, 0.717) is 11.3 Å². The number of carbonyl (C=O) groups excluding carboxylic acids is 2. The van der Waals surface area contributed by atoms with Crippen LogP contribution in [-0.4, -0.2) is 11.7 Å². The van der Waals surface area contributed by atoms with Gasteiger partial charge in [0, 0.05) is 18.6 Å². The molecule has 0 aliphatic heterocycles. The molecule has 0 unspecified atom stereocenters. The van der Waals surface area contributed by atoms with Gasteiger partial charge in [-0.3, -0.25) is 9.59 Å². The van der Waals surface area contributed by atoms with Crippen LogP contribution in [0.15, 0.2) is 66.7 Å². The Hall–Kier alpha value is -2.68. The van der Waals surface area contributed by atoms with Crippen LogP contribution in [0.25, 0.3) is 5.70 Å². The van der Waals surface area contributed by atoms with Gasteiger partial charge in [0.2, 0.25) is 5.91 Å². The van der Waals surface area contributed by atoms with Crippen LogP contribution in [0.2, 0.25) is 0 Å². The molecule has 20 heavy (non-hydrogen) atoms. The van der Waals surface area contributed by atoms with Gasteiger partial charge in [0.15, 0.2) is 5.78 Å². The van der Waals surface area contributed by atoms with E-state index >= 15 is 0 Å². The van der Waals surface area contributed by atoms with Crippen LogP contribution in [0, 0.1) is 0 Å². The highest BCUT2D eigenvalue weighted by Crippen LogP contribution is 2.13. The number of carbonyl (C=O) groups is 2. The van der Waals surface area contributed by atoms with Gasteiger partial charge in [-0.2, -0.15) is 0 Å². The molecule has 0 saturated heterocycles. The molecule has 0 fully saturated rings. The van der Waals surface area contributed by atoms with Gasteiger partial charge in [-0.05, 0) is 5.56 Å². The zero-order valence-corrected chi connectivity index (χ0v) is 11.2. The van der Waals surface area contributed by atoms with Crippen molar-refractivity contribution >= 4 is 17.4 Å². The van der Waals surface area contributed by atoms with Crippen molar-refractivity contribution in [3.05, 3.63) is 77.9 Å². The Balaban J connectivity index is 2.34. The Kier molecular flexibility index (Phi) is 4.45. The van der Waals surface area contributed by atoms with E-state index in [1.165, 1.54) is 13.0 Å². The fourth-order valence-corrected chi connectivity index (χ4v) is 1.82. The first kappa shape index (κ1) is 13.7. The summed E-state index contributed by atoms with van der Waals surface area (Å²) < 4.78 is 0. The zero-order chi connectivity index (χ0) is 14.4. The Morgan fingerprint density at radius 2 is 1.35 bits per heavy atom. The van der Waals surface area contributed by atoms with E-state index < -0.39 is 0 Å². The Morgan fingerprint density at radius 1 is 0.850 bits per heavy atom. The number of ketones is 1. The van der Waals surface area contributed by atoms with Crippen molar-refractivity contribution in [3.8, 4) is 0 Å². The van der Waals surface area contributed by atoms with Gasteiger partial charge in [-0.1, -0.05) is 60.7 Å². The number of nitrogens with one attached hydrogen (secondary N) is 1. The largest absolute Gasteiger partial charge is 0.326 e. The molecule has 100 valence electrons. The van der Waals surface area contributed by atoms with Crippen molar-refractivity contribution in [2.45, 2.75) is 6.92 Å². The molecule has 0 saturated carbocycles. The number of hydrogen-bond donors (Lipinski definition) is 1. The summed E-state index contributed by atoms with van der Waals surface area (Å²) in [4.78, 5) is 23.5. The lowest BCUT2D eigenvalue weighted by atomic mass is 10.1. The molecule has 1 amide bonds. The van der Waals surface area contributed by atoms with E-state index in [4.69, 9.17) is 0 Å². The van der Waals surface area contributed by atoms with Crippen LogP contribution >= 0.6 is 0 Å². The first-order chi connectivity index (χ1) is 9.66. The molecule has 0 aliphatic carbocycles. The lowest BCUT2D eigenvalue weighted by molar-refractivity contribution is -0.117. The summed E-state index contributed by atoms with van der Waals surface area (Å²) in [6.45, 7) is 1.42. The molecule has 1 N–H and O–H groups in total. The van der Waals surface area contributed by atoms with E-state index in [9.17, 15) is 9.59 Å². The molecule has 2 rings (SSSR count). The smallest absolute Gasteiger partial charge is 0.221 e.